The summed E-state index contributed by atoms with van der Waals surface area (Å²) in [7, 11) is 1.86. The van der Waals surface area contributed by atoms with Gasteiger partial charge in [0.15, 0.2) is 0 Å². The van der Waals surface area contributed by atoms with Gasteiger partial charge < -0.3 is 9.73 Å². The Balaban J connectivity index is 2.10. The molecule has 0 amide bonds. The first-order valence-corrected chi connectivity index (χ1v) is 6.19. The number of hydrogen-bond donors (Lipinski definition) is 1. The highest BCUT2D eigenvalue weighted by atomic mass is 35.5. The zero-order chi connectivity index (χ0) is 13.0. The molecule has 4 heteroatoms. The number of likely N-dealkylation sites (N-methyl/N-ethyl adjacent to an activating group) is 1. The van der Waals surface area contributed by atoms with E-state index in [0.29, 0.717) is 17.0 Å². The highest BCUT2D eigenvalue weighted by Gasteiger charge is 2.14. The van der Waals surface area contributed by atoms with Crippen LogP contribution in [0.5, 0.6) is 0 Å². The topological polar surface area (TPSA) is 25.2 Å². The first-order valence-electron chi connectivity index (χ1n) is 5.82. The fourth-order valence-electron chi connectivity index (χ4n) is 1.94. The van der Waals surface area contributed by atoms with E-state index in [9.17, 15) is 4.39 Å². The largest absolute Gasteiger partial charge is 0.472 e. The van der Waals surface area contributed by atoms with E-state index in [1.807, 2.05) is 13.1 Å². The van der Waals surface area contributed by atoms with Crippen molar-refractivity contribution < 1.29 is 8.81 Å². The molecule has 1 aromatic carbocycles. The van der Waals surface area contributed by atoms with Gasteiger partial charge in [-0.05, 0) is 43.7 Å². The summed E-state index contributed by atoms with van der Waals surface area (Å²) in [6.07, 6.45) is 4.66. The van der Waals surface area contributed by atoms with Gasteiger partial charge in [0.1, 0.15) is 5.82 Å². The number of benzene rings is 1. The van der Waals surface area contributed by atoms with Crippen LogP contribution in [0.1, 0.15) is 11.1 Å². The van der Waals surface area contributed by atoms with Gasteiger partial charge >= 0.3 is 0 Å². The first kappa shape index (κ1) is 13.1. The molecule has 0 fully saturated rings. The van der Waals surface area contributed by atoms with E-state index in [1.54, 1.807) is 24.7 Å². The molecule has 2 nitrogen and oxygen atoms in total. The molecule has 0 aliphatic carbocycles. The molecule has 1 unspecified atom stereocenters. The van der Waals surface area contributed by atoms with Crippen LogP contribution in [0.4, 0.5) is 4.39 Å². The third-order valence-electron chi connectivity index (χ3n) is 2.98. The minimum Gasteiger partial charge on any atom is -0.472 e. The Bertz CT molecular complexity index is 478. The van der Waals surface area contributed by atoms with Gasteiger partial charge in [0.05, 0.1) is 12.5 Å². The monoisotopic (exact) mass is 267 g/mol. The number of hydrogen-bond acceptors (Lipinski definition) is 2. The zero-order valence-corrected chi connectivity index (χ0v) is 10.9. The number of furan rings is 1. The second-order valence-corrected chi connectivity index (χ2v) is 4.63. The molecule has 1 aromatic heterocycles. The average molecular weight is 268 g/mol. The van der Waals surface area contributed by atoms with E-state index in [4.69, 9.17) is 16.0 Å². The Morgan fingerprint density at radius 3 is 2.78 bits per heavy atom. The SMILES string of the molecule is CNC(Cc1ccoc1)Cc1c(F)cccc1Cl. The molecule has 0 aliphatic rings. The van der Waals surface area contributed by atoms with Gasteiger partial charge in [-0.3, -0.25) is 0 Å². The summed E-state index contributed by atoms with van der Waals surface area (Å²) in [4.78, 5) is 0. The zero-order valence-electron chi connectivity index (χ0n) is 10.1. The Kier molecular flexibility index (Phi) is 4.39. The van der Waals surface area contributed by atoms with Gasteiger partial charge in [0.25, 0.3) is 0 Å². The van der Waals surface area contributed by atoms with Crippen molar-refractivity contribution in [3.8, 4) is 0 Å². The Hall–Kier alpha value is -1.32. The molecular weight excluding hydrogens is 253 g/mol. The predicted molar refractivity (Wildman–Crippen MR) is 70.4 cm³/mol. The van der Waals surface area contributed by atoms with E-state index in [-0.39, 0.29) is 11.9 Å². The predicted octanol–water partition coefficient (Wildman–Crippen LogP) is 3.45. The maximum atomic E-state index is 13.7. The van der Waals surface area contributed by atoms with Crippen LogP contribution in [0.2, 0.25) is 5.02 Å². The van der Waals surface area contributed by atoms with Gasteiger partial charge in [0, 0.05) is 16.6 Å². The van der Waals surface area contributed by atoms with Crippen LogP contribution in [0.3, 0.4) is 0 Å². The average Bonchev–Trinajstić information content (AvgIpc) is 2.85. The molecule has 0 saturated heterocycles. The second kappa shape index (κ2) is 6.03. The molecule has 1 N–H and O–H groups in total. The molecule has 2 rings (SSSR count). The summed E-state index contributed by atoms with van der Waals surface area (Å²) in [5.74, 6) is -0.255. The molecule has 0 radical (unpaired) electrons. The molecule has 0 spiro atoms. The van der Waals surface area contributed by atoms with Crippen molar-refractivity contribution in [1.82, 2.24) is 5.32 Å². The maximum Gasteiger partial charge on any atom is 0.127 e. The summed E-state index contributed by atoms with van der Waals surface area (Å²) in [5.41, 5.74) is 1.64. The minimum atomic E-state index is -0.255. The lowest BCUT2D eigenvalue weighted by atomic mass is 10.00. The molecule has 96 valence electrons. The summed E-state index contributed by atoms with van der Waals surface area (Å²) in [5, 5.41) is 3.65. The Morgan fingerprint density at radius 2 is 2.17 bits per heavy atom. The lowest BCUT2D eigenvalue weighted by Crippen LogP contribution is -2.30. The van der Waals surface area contributed by atoms with Crippen molar-refractivity contribution >= 4 is 11.6 Å². The first-order chi connectivity index (χ1) is 8.70. The third kappa shape index (κ3) is 3.12. The van der Waals surface area contributed by atoms with Crippen LogP contribution in [-0.4, -0.2) is 13.1 Å². The normalized spacial score (nSPS) is 12.6. The molecule has 0 saturated carbocycles. The van der Waals surface area contributed by atoms with Crippen LogP contribution >= 0.6 is 11.6 Å². The van der Waals surface area contributed by atoms with Crippen molar-refractivity contribution in [2.45, 2.75) is 18.9 Å². The van der Waals surface area contributed by atoms with Crippen LogP contribution in [-0.2, 0) is 12.8 Å². The second-order valence-electron chi connectivity index (χ2n) is 4.23. The van der Waals surface area contributed by atoms with Gasteiger partial charge in [-0.2, -0.15) is 0 Å². The summed E-state index contributed by atoms with van der Waals surface area (Å²) < 4.78 is 18.7. The van der Waals surface area contributed by atoms with Crippen LogP contribution in [0, 0.1) is 5.82 Å². The molecule has 18 heavy (non-hydrogen) atoms. The van der Waals surface area contributed by atoms with Gasteiger partial charge in [-0.15, -0.1) is 0 Å². The van der Waals surface area contributed by atoms with E-state index in [2.05, 4.69) is 5.32 Å². The van der Waals surface area contributed by atoms with Crippen LogP contribution in [0.25, 0.3) is 0 Å². The lowest BCUT2D eigenvalue weighted by molar-refractivity contribution is 0.524. The Morgan fingerprint density at radius 1 is 1.33 bits per heavy atom. The molecule has 1 atom stereocenters. The van der Waals surface area contributed by atoms with E-state index in [1.165, 1.54) is 6.07 Å². The van der Waals surface area contributed by atoms with Crippen molar-refractivity contribution in [2.75, 3.05) is 7.05 Å². The maximum absolute atomic E-state index is 13.7. The smallest absolute Gasteiger partial charge is 0.127 e. The molecule has 0 bridgehead atoms. The number of nitrogens with one attached hydrogen (secondary N) is 1. The molecule has 0 aliphatic heterocycles. The van der Waals surface area contributed by atoms with Crippen molar-refractivity contribution in [1.29, 1.82) is 0 Å². The third-order valence-corrected chi connectivity index (χ3v) is 3.34. The van der Waals surface area contributed by atoms with Crippen LogP contribution in [0.15, 0.2) is 41.2 Å². The number of halogens is 2. The summed E-state index contributed by atoms with van der Waals surface area (Å²) in [6.45, 7) is 0. The van der Waals surface area contributed by atoms with Gasteiger partial charge in [-0.25, -0.2) is 4.39 Å². The highest BCUT2D eigenvalue weighted by molar-refractivity contribution is 6.31. The molecule has 1 heterocycles. The summed E-state index contributed by atoms with van der Waals surface area (Å²) in [6, 6.07) is 6.80. The quantitative estimate of drug-likeness (QED) is 0.898. The van der Waals surface area contributed by atoms with Gasteiger partial charge in [-0.1, -0.05) is 17.7 Å². The highest BCUT2D eigenvalue weighted by Crippen LogP contribution is 2.21. The van der Waals surface area contributed by atoms with Crippen molar-refractivity contribution in [3.05, 3.63) is 58.8 Å². The minimum absolute atomic E-state index is 0.122. The standard InChI is InChI=1S/C14H15ClFNO/c1-17-11(7-10-5-6-18-9-10)8-12-13(15)3-2-4-14(12)16/h2-6,9,11,17H,7-8H2,1H3. The fourth-order valence-corrected chi connectivity index (χ4v) is 2.18. The number of rotatable bonds is 5. The fraction of sp³-hybridized carbons (Fsp3) is 0.286. The van der Waals surface area contributed by atoms with Crippen molar-refractivity contribution in [2.24, 2.45) is 0 Å². The van der Waals surface area contributed by atoms with Crippen LogP contribution < -0.4 is 5.32 Å². The summed E-state index contributed by atoms with van der Waals surface area (Å²) >= 11 is 6.03. The Labute approximate surface area is 111 Å². The molecule has 2 aromatic rings. The van der Waals surface area contributed by atoms with Crippen molar-refractivity contribution in [3.63, 3.8) is 0 Å². The van der Waals surface area contributed by atoms with E-state index < -0.39 is 0 Å². The molecular formula is C14H15ClFNO. The van der Waals surface area contributed by atoms with E-state index >= 15 is 0 Å². The van der Waals surface area contributed by atoms with E-state index in [0.717, 1.165) is 12.0 Å². The lowest BCUT2D eigenvalue weighted by Gasteiger charge is -2.16. The van der Waals surface area contributed by atoms with Gasteiger partial charge in [0.2, 0.25) is 0 Å².